The summed E-state index contributed by atoms with van der Waals surface area (Å²) in [7, 11) is 1.16. The SMILES string of the molecule is COC(=O)C1C(=O)CC(C)(C)NC1=O. The van der Waals surface area contributed by atoms with Crippen LogP contribution in [-0.2, 0) is 19.1 Å². The smallest absolute Gasteiger partial charge is 0.325 e. The van der Waals surface area contributed by atoms with Crippen molar-refractivity contribution >= 4 is 17.7 Å². The minimum atomic E-state index is -1.28. The summed E-state index contributed by atoms with van der Waals surface area (Å²) >= 11 is 0. The van der Waals surface area contributed by atoms with Crippen LogP contribution in [0.5, 0.6) is 0 Å². The maximum Gasteiger partial charge on any atom is 0.325 e. The normalized spacial score (nSPS) is 25.5. The molecule has 0 radical (unpaired) electrons. The molecule has 0 spiro atoms. The molecule has 5 heteroatoms. The van der Waals surface area contributed by atoms with Gasteiger partial charge in [-0.25, -0.2) is 0 Å². The molecule has 0 aliphatic carbocycles. The van der Waals surface area contributed by atoms with E-state index >= 15 is 0 Å². The van der Waals surface area contributed by atoms with Crippen LogP contribution in [0.1, 0.15) is 20.3 Å². The minimum Gasteiger partial charge on any atom is -0.468 e. The van der Waals surface area contributed by atoms with Crippen LogP contribution in [0.25, 0.3) is 0 Å². The summed E-state index contributed by atoms with van der Waals surface area (Å²) in [6, 6.07) is 0. The van der Waals surface area contributed by atoms with Crippen molar-refractivity contribution < 1.29 is 19.1 Å². The molecule has 0 bridgehead atoms. The van der Waals surface area contributed by atoms with Crippen LogP contribution in [0.4, 0.5) is 0 Å². The third-order valence-corrected chi connectivity index (χ3v) is 2.10. The van der Waals surface area contributed by atoms with E-state index in [0.717, 1.165) is 7.11 Å². The maximum absolute atomic E-state index is 11.5. The third-order valence-electron chi connectivity index (χ3n) is 2.10. The molecule has 0 aromatic heterocycles. The first kappa shape index (κ1) is 10.7. The second-order valence-electron chi connectivity index (χ2n) is 3.97. The van der Waals surface area contributed by atoms with Crippen molar-refractivity contribution in [3.63, 3.8) is 0 Å². The van der Waals surface area contributed by atoms with E-state index in [2.05, 4.69) is 10.1 Å². The second kappa shape index (κ2) is 3.40. The molecule has 1 N–H and O–H groups in total. The summed E-state index contributed by atoms with van der Waals surface area (Å²) in [4.78, 5) is 33.9. The van der Waals surface area contributed by atoms with E-state index in [0.29, 0.717) is 0 Å². The summed E-state index contributed by atoms with van der Waals surface area (Å²) < 4.78 is 4.38. The zero-order valence-electron chi connectivity index (χ0n) is 8.42. The minimum absolute atomic E-state index is 0.151. The molecule has 1 atom stereocenters. The molecule has 1 fully saturated rings. The molecular formula is C9H13NO4. The standard InChI is InChI=1S/C9H13NO4/c1-9(2)4-5(11)6(7(12)10-9)8(13)14-3/h6H,4H2,1-3H3,(H,10,12). The van der Waals surface area contributed by atoms with Crippen LogP contribution in [-0.4, -0.2) is 30.3 Å². The Labute approximate surface area is 81.8 Å². The Morgan fingerprint density at radius 1 is 1.50 bits per heavy atom. The fraction of sp³-hybridized carbons (Fsp3) is 0.667. The number of ketones is 1. The topological polar surface area (TPSA) is 72.5 Å². The molecule has 0 aromatic carbocycles. The van der Waals surface area contributed by atoms with Crippen LogP contribution >= 0.6 is 0 Å². The van der Waals surface area contributed by atoms with Gasteiger partial charge in [-0.05, 0) is 13.8 Å². The van der Waals surface area contributed by atoms with Gasteiger partial charge in [-0.15, -0.1) is 0 Å². The van der Waals surface area contributed by atoms with Crippen molar-refractivity contribution in [3.8, 4) is 0 Å². The lowest BCUT2D eigenvalue weighted by molar-refractivity contribution is -0.156. The van der Waals surface area contributed by atoms with Crippen LogP contribution in [0.3, 0.4) is 0 Å². The zero-order valence-corrected chi connectivity index (χ0v) is 8.42. The van der Waals surface area contributed by atoms with Crippen molar-refractivity contribution in [1.82, 2.24) is 5.32 Å². The van der Waals surface area contributed by atoms with Gasteiger partial charge in [-0.1, -0.05) is 0 Å². The number of hydrogen-bond donors (Lipinski definition) is 1. The van der Waals surface area contributed by atoms with Crippen molar-refractivity contribution in [2.45, 2.75) is 25.8 Å². The molecule has 14 heavy (non-hydrogen) atoms. The van der Waals surface area contributed by atoms with E-state index in [9.17, 15) is 14.4 Å². The Hall–Kier alpha value is -1.39. The highest BCUT2D eigenvalue weighted by Gasteiger charge is 2.43. The van der Waals surface area contributed by atoms with Crippen molar-refractivity contribution in [2.24, 2.45) is 5.92 Å². The van der Waals surface area contributed by atoms with Gasteiger partial charge in [-0.2, -0.15) is 0 Å². The lowest BCUT2D eigenvalue weighted by Gasteiger charge is -2.32. The molecule has 1 saturated heterocycles. The summed E-state index contributed by atoms with van der Waals surface area (Å²) in [5.74, 6) is -3.03. The summed E-state index contributed by atoms with van der Waals surface area (Å²) in [5, 5.41) is 2.59. The van der Waals surface area contributed by atoms with Gasteiger partial charge in [0.15, 0.2) is 11.7 Å². The Bertz CT molecular complexity index is 275. The van der Waals surface area contributed by atoms with Crippen molar-refractivity contribution in [1.29, 1.82) is 0 Å². The Morgan fingerprint density at radius 2 is 2.07 bits per heavy atom. The van der Waals surface area contributed by atoms with Gasteiger partial charge in [0.1, 0.15) is 0 Å². The third kappa shape index (κ3) is 1.92. The summed E-state index contributed by atoms with van der Waals surface area (Å²) in [6.45, 7) is 3.46. The number of Topliss-reactive ketones (excluding diaryl/α,β-unsaturated/α-hetero) is 1. The quantitative estimate of drug-likeness (QED) is 0.462. The fourth-order valence-corrected chi connectivity index (χ4v) is 1.49. The number of carbonyl (C=O) groups is 3. The van der Waals surface area contributed by atoms with Gasteiger partial charge < -0.3 is 10.1 Å². The molecule has 0 aromatic rings. The molecular weight excluding hydrogens is 186 g/mol. The molecule has 1 aliphatic rings. The molecule has 1 aliphatic heterocycles. The number of esters is 1. The highest BCUT2D eigenvalue weighted by molar-refractivity contribution is 6.18. The van der Waals surface area contributed by atoms with Crippen LogP contribution in [0.2, 0.25) is 0 Å². The van der Waals surface area contributed by atoms with Gasteiger partial charge in [0.05, 0.1) is 7.11 Å². The largest absolute Gasteiger partial charge is 0.468 e. The number of nitrogens with one attached hydrogen (secondary N) is 1. The van der Waals surface area contributed by atoms with Crippen molar-refractivity contribution in [3.05, 3.63) is 0 Å². The molecule has 78 valence electrons. The first-order chi connectivity index (χ1) is 6.37. The van der Waals surface area contributed by atoms with Crippen LogP contribution < -0.4 is 5.32 Å². The summed E-state index contributed by atoms with van der Waals surface area (Å²) in [6.07, 6.45) is 0.151. The van der Waals surface area contributed by atoms with E-state index in [4.69, 9.17) is 0 Å². The molecule has 1 unspecified atom stereocenters. The molecule has 1 heterocycles. The van der Waals surface area contributed by atoms with Crippen LogP contribution in [0.15, 0.2) is 0 Å². The number of hydrogen-bond acceptors (Lipinski definition) is 4. The lowest BCUT2D eigenvalue weighted by Crippen LogP contribution is -2.57. The zero-order chi connectivity index (χ0) is 10.9. The van der Waals surface area contributed by atoms with E-state index in [1.807, 2.05) is 0 Å². The summed E-state index contributed by atoms with van der Waals surface area (Å²) in [5.41, 5.74) is -0.571. The van der Waals surface area contributed by atoms with Gasteiger partial charge in [-0.3, -0.25) is 14.4 Å². The Morgan fingerprint density at radius 3 is 2.50 bits per heavy atom. The number of rotatable bonds is 1. The Kier molecular flexibility index (Phi) is 2.59. The average Bonchev–Trinajstić information content (AvgIpc) is 1.99. The first-order valence-electron chi connectivity index (χ1n) is 4.30. The maximum atomic E-state index is 11.5. The molecule has 1 amide bonds. The predicted molar refractivity (Wildman–Crippen MR) is 47.4 cm³/mol. The van der Waals surface area contributed by atoms with E-state index < -0.39 is 23.3 Å². The number of piperidine rings is 1. The van der Waals surface area contributed by atoms with E-state index in [1.165, 1.54) is 0 Å². The average molecular weight is 199 g/mol. The number of ether oxygens (including phenoxy) is 1. The molecule has 1 rings (SSSR count). The van der Waals surface area contributed by atoms with E-state index in [1.54, 1.807) is 13.8 Å². The van der Waals surface area contributed by atoms with Gasteiger partial charge in [0.2, 0.25) is 5.91 Å². The van der Waals surface area contributed by atoms with E-state index in [-0.39, 0.29) is 12.2 Å². The first-order valence-corrected chi connectivity index (χ1v) is 4.30. The van der Waals surface area contributed by atoms with Gasteiger partial charge >= 0.3 is 5.97 Å². The van der Waals surface area contributed by atoms with Gasteiger partial charge in [0.25, 0.3) is 0 Å². The molecule has 5 nitrogen and oxygen atoms in total. The number of carbonyl (C=O) groups excluding carboxylic acids is 3. The monoisotopic (exact) mass is 199 g/mol. The highest BCUT2D eigenvalue weighted by atomic mass is 16.5. The lowest BCUT2D eigenvalue weighted by atomic mass is 9.85. The predicted octanol–water partition coefficient (Wildman–Crippen LogP) is -0.357. The van der Waals surface area contributed by atoms with Crippen LogP contribution in [0, 0.1) is 5.92 Å². The number of amides is 1. The fourth-order valence-electron chi connectivity index (χ4n) is 1.49. The second-order valence-corrected chi connectivity index (χ2v) is 3.97. The Balaban J connectivity index is 2.87. The number of methoxy groups -OCH3 is 1. The highest BCUT2D eigenvalue weighted by Crippen LogP contribution is 2.20. The van der Waals surface area contributed by atoms with Gasteiger partial charge in [0, 0.05) is 12.0 Å². The van der Waals surface area contributed by atoms with Crippen molar-refractivity contribution in [2.75, 3.05) is 7.11 Å². The molecule has 0 saturated carbocycles.